The summed E-state index contributed by atoms with van der Waals surface area (Å²) in [5.41, 5.74) is 0. The molecule has 0 radical (unpaired) electrons. The van der Waals surface area contributed by atoms with E-state index in [-0.39, 0.29) is 11.8 Å². The predicted molar refractivity (Wildman–Crippen MR) is 51.1 cm³/mol. The molecule has 0 bridgehead atoms. The summed E-state index contributed by atoms with van der Waals surface area (Å²) in [5.74, 6) is 0.147. The van der Waals surface area contributed by atoms with Crippen LogP contribution >= 0.6 is 0 Å². The molecule has 0 N–H and O–H groups in total. The average Bonchev–Trinajstić information content (AvgIpc) is 2.05. The molecular formula is C8H17NO3S. The zero-order valence-corrected chi connectivity index (χ0v) is 9.01. The molecule has 1 rings (SSSR count). The van der Waals surface area contributed by atoms with Crippen molar-refractivity contribution in [1.29, 1.82) is 0 Å². The van der Waals surface area contributed by atoms with Crippen molar-refractivity contribution < 1.29 is 12.6 Å². The first-order valence-corrected chi connectivity index (χ1v) is 6.28. The van der Waals surface area contributed by atoms with Gasteiger partial charge in [0, 0.05) is 6.04 Å². The molecule has 5 heteroatoms. The molecule has 4 nitrogen and oxygen atoms in total. The molecule has 1 heterocycles. The van der Waals surface area contributed by atoms with Crippen molar-refractivity contribution in [2.24, 2.45) is 0 Å². The van der Waals surface area contributed by atoms with Crippen molar-refractivity contribution >= 4 is 10.1 Å². The molecular weight excluding hydrogens is 190 g/mol. The van der Waals surface area contributed by atoms with Gasteiger partial charge < -0.3 is 0 Å². The van der Waals surface area contributed by atoms with Gasteiger partial charge in [-0.05, 0) is 19.5 Å². The summed E-state index contributed by atoms with van der Waals surface area (Å²) in [5, 5.41) is 0. The van der Waals surface area contributed by atoms with E-state index >= 15 is 0 Å². The highest BCUT2D eigenvalue weighted by Gasteiger charge is 2.28. The Labute approximate surface area is 80.0 Å². The monoisotopic (exact) mass is 207 g/mol. The van der Waals surface area contributed by atoms with Crippen LogP contribution < -0.4 is 0 Å². The molecule has 0 aromatic carbocycles. The summed E-state index contributed by atoms with van der Waals surface area (Å²) in [6, 6.07) is 0.147. The van der Waals surface area contributed by atoms with E-state index in [1.165, 1.54) is 0 Å². The summed E-state index contributed by atoms with van der Waals surface area (Å²) in [6.45, 7) is 6.23. The summed E-state index contributed by atoms with van der Waals surface area (Å²) < 4.78 is 27.0. The van der Waals surface area contributed by atoms with Crippen molar-refractivity contribution in [2.75, 3.05) is 25.4 Å². The van der Waals surface area contributed by atoms with Crippen LogP contribution in [-0.4, -0.2) is 44.8 Å². The van der Waals surface area contributed by atoms with E-state index in [1.807, 2.05) is 13.8 Å². The molecule has 0 aromatic heterocycles. The predicted octanol–water partition coefficient (Wildman–Crippen LogP) is 0.447. The zero-order valence-electron chi connectivity index (χ0n) is 8.19. The Kier molecular flexibility index (Phi) is 3.70. The van der Waals surface area contributed by atoms with Gasteiger partial charge in [-0.25, -0.2) is 0 Å². The van der Waals surface area contributed by atoms with Gasteiger partial charge >= 0.3 is 0 Å². The molecule has 1 atom stereocenters. The maximum absolute atomic E-state index is 11.1. The van der Waals surface area contributed by atoms with Crippen molar-refractivity contribution in [3.05, 3.63) is 0 Å². The molecule has 1 unspecified atom stereocenters. The molecule has 0 aromatic rings. The normalized spacial score (nSPS) is 27.8. The van der Waals surface area contributed by atoms with Crippen molar-refractivity contribution in [3.8, 4) is 0 Å². The maximum atomic E-state index is 11.1. The van der Waals surface area contributed by atoms with Crippen LogP contribution in [-0.2, 0) is 14.3 Å². The van der Waals surface area contributed by atoms with E-state index in [4.69, 9.17) is 0 Å². The van der Waals surface area contributed by atoms with Gasteiger partial charge in [0.15, 0.2) is 0 Å². The van der Waals surface area contributed by atoms with E-state index in [0.29, 0.717) is 6.61 Å². The first-order valence-electron chi connectivity index (χ1n) is 4.70. The lowest BCUT2D eigenvalue weighted by molar-refractivity contribution is 0.170. The second-order valence-electron chi connectivity index (χ2n) is 3.21. The van der Waals surface area contributed by atoms with E-state index in [0.717, 1.165) is 19.5 Å². The standard InChI is InChI=1S/C8H17NO3S/c1-3-9(4-2)8-5-6-12-13(10,11)7-8/h8H,3-7H2,1-2H3. The summed E-state index contributed by atoms with van der Waals surface area (Å²) in [4.78, 5) is 2.17. The summed E-state index contributed by atoms with van der Waals surface area (Å²) in [7, 11) is -3.24. The Morgan fingerprint density at radius 3 is 2.46 bits per heavy atom. The van der Waals surface area contributed by atoms with Gasteiger partial charge in [0.1, 0.15) is 0 Å². The fourth-order valence-corrected chi connectivity index (χ4v) is 3.00. The van der Waals surface area contributed by atoms with Crippen molar-refractivity contribution in [2.45, 2.75) is 26.3 Å². The van der Waals surface area contributed by atoms with Gasteiger partial charge in [0.05, 0.1) is 12.4 Å². The van der Waals surface area contributed by atoms with Crippen molar-refractivity contribution in [3.63, 3.8) is 0 Å². The molecule has 1 aliphatic rings. The second kappa shape index (κ2) is 4.39. The van der Waals surface area contributed by atoms with Gasteiger partial charge in [-0.15, -0.1) is 0 Å². The molecule has 78 valence electrons. The molecule has 0 saturated carbocycles. The number of nitrogens with zero attached hydrogens (tertiary/aromatic N) is 1. The minimum atomic E-state index is -3.24. The third-order valence-corrected chi connectivity index (χ3v) is 3.76. The van der Waals surface area contributed by atoms with E-state index in [2.05, 4.69) is 9.08 Å². The fourth-order valence-electron chi connectivity index (χ4n) is 1.71. The van der Waals surface area contributed by atoms with Gasteiger partial charge in [0.25, 0.3) is 10.1 Å². The molecule has 0 spiro atoms. The summed E-state index contributed by atoms with van der Waals surface area (Å²) in [6.07, 6.45) is 0.820. The largest absolute Gasteiger partial charge is 0.300 e. The van der Waals surface area contributed by atoms with Gasteiger partial charge in [-0.1, -0.05) is 13.8 Å². The van der Waals surface area contributed by atoms with Crippen LogP contribution in [0.1, 0.15) is 20.3 Å². The van der Waals surface area contributed by atoms with Crippen LogP contribution in [0, 0.1) is 0 Å². The lowest BCUT2D eigenvalue weighted by Crippen LogP contribution is -2.44. The highest BCUT2D eigenvalue weighted by molar-refractivity contribution is 7.86. The first kappa shape index (κ1) is 10.9. The number of hydrogen-bond donors (Lipinski definition) is 0. The van der Waals surface area contributed by atoms with E-state index in [9.17, 15) is 8.42 Å². The quantitative estimate of drug-likeness (QED) is 0.630. The van der Waals surface area contributed by atoms with Crippen LogP contribution in [0.15, 0.2) is 0 Å². The van der Waals surface area contributed by atoms with Gasteiger partial charge in [-0.3, -0.25) is 9.08 Å². The zero-order chi connectivity index (χ0) is 9.90. The third kappa shape index (κ3) is 2.93. The van der Waals surface area contributed by atoms with Gasteiger partial charge in [-0.2, -0.15) is 8.42 Å². The Balaban J connectivity index is 2.60. The molecule has 1 aliphatic heterocycles. The Morgan fingerprint density at radius 1 is 1.38 bits per heavy atom. The number of hydrogen-bond acceptors (Lipinski definition) is 4. The lowest BCUT2D eigenvalue weighted by Gasteiger charge is -2.31. The number of rotatable bonds is 3. The smallest absolute Gasteiger partial charge is 0.268 e. The highest BCUT2D eigenvalue weighted by atomic mass is 32.2. The lowest BCUT2D eigenvalue weighted by atomic mass is 10.2. The van der Waals surface area contributed by atoms with E-state index in [1.54, 1.807) is 0 Å². The average molecular weight is 207 g/mol. The molecule has 13 heavy (non-hydrogen) atoms. The Hall–Kier alpha value is -0.130. The minimum Gasteiger partial charge on any atom is -0.300 e. The SMILES string of the molecule is CCN(CC)C1CCOS(=O)(=O)C1. The molecule has 1 fully saturated rings. The van der Waals surface area contributed by atoms with Crippen molar-refractivity contribution in [1.82, 2.24) is 4.90 Å². The Morgan fingerprint density at radius 2 is 2.00 bits per heavy atom. The minimum absolute atomic E-state index is 0.147. The fraction of sp³-hybridized carbons (Fsp3) is 1.00. The third-order valence-electron chi connectivity index (χ3n) is 2.44. The van der Waals surface area contributed by atoms with Crippen LogP contribution in [0.5, 0.6) is 0 Å². The van der Waals surface area contributed by atoms with E-state index < -0.39 is 10.1 Å². The molecule has 1 saturated heterocycles. The van der Waals surface area contributed by atoms with Crippen LogP contribution in [0.2, 0.25) is 0 Å². The van der Waals surface area contributed by atoms with Crippen LogP contribution in [0.3, 0.4) is 0 Å². The maximum Gasteiger partial charge on any atom is 0.268 e. The summed E-state index contributed by atoms with van der Waals surface area (Å²) >= 11 is 0. The molecule has 0 amide bonds. The Bertz CT molecular complexity index is 246. The van der Waals surface area contributed by atoms with Crippen LogP contribution in [0.25, 0.3) is 0 Å². The molecule has 0 aliphatic carbocycles. The topological polar surface area (TPSA) is 46.6 Å². The van der Waals surface area contributed by atoms with Crippen LogP contribution in [0.4, 0.5) is 0 Å². The first-order chi connectivity index (χ1) is 6.09. The van der Waals surface area contributed by atoms with Gasteiger partial charge in [0.2, 0.25) is 0 Å². The second-order valence-corrected chi connectivity index (χ2v) is 4.89. The highest BCUT2D eigenvalue weighted by Crippen LogP contribution is 2.14.